The molecule has 5 nitrogen and oxygen atoms in total. The van der Waals surface area contributed by atoms with E-state index in [1.807, 2.05) is 48.2 Å². The molecule has 142 valence electrons. The monoisotopic (exact) mass is 448 g/mol. The Hall–Kier alpha value is -1.73. The van der Waals surface area contributed by atoms with Crippen LogP contribution in [0.25, 0.3) is 11.3 Å². The lowest BCUT2D eigenvalue weighted by Gasteiger charge is -2.29. The maximum atomic E-state index is 13.2. The van der Waals surface area contributed by atoms with Crippen molar-refractivity contribution in [1.29, 1.82) is 0 Å². The zero-order valence-electron chi connectivity index (χ0n) is 15.1. The molecule has 27 heavy (non-hydrogen) atoms. The van der Waals surface area contributed by atoms with Gasteiger partial charge in [0, 0.05) is 22.1 Å². The van der Waals surface area contributed by atoms with Crippen LogP contribution in [-0.2, 0) is 9.84 Å². The molecule has 1 aromatic heterocycles. The highest BCUT2D eigenvalue weighted by atomic mass is 79.9. The topological polar surface area (TPSA) is 67.3 Å². The van der Waals surface area contributed by atoms with Crippen molar-refractivity contribution in [3.63, 3.8) is 0 Å². The number of benzene rings is 1. The zero-order chi connectivity index (χ0) is 19.2. The summed E-state index contributed by atoms with van der Waals surface area (Å²) in [5.41, 5.74) is 3.02. The highest BCUT2D eigenvalue weighted by molar-refractivity contribution is 9.10. The van der Waals surface area contributed by atoms with Crippen molar-refractivity contribution in [1.82, 2.24) is 9.88 Å². The Labute approximate surface area is 167 Å². The molecule has 1 atom stereocenters. The summed E-state index contributed by atoms with van der Waals surface area (Å²) in [6, 6.07) is 11.5. The Morgan fingerprint density at radius 1 is 1.15 bits per heavy atom. The molecule has 2 fully saturated rings. The van der Waals surface area contributed by atoms with Gasteiger partial charge in [0.1, 0.15) is 0 Å². The van der Waals surface area contributed by atoms with Gasteiger partial charge in [0.05, 0.1) is 28.5 Å². The van der Waals surface area contributed by atoms with E-state index in [9.17, 15) is 13.2 Å². The van der Waals surface area contributed by atoms with Gasteiger partial charge in [-0.15, -0.1) is 0 Å². The molecule has 1 aliphatic carbocycles. The van der Waals surface area contributed by atoms with Crippen molar-refractivity contribution >= 4 is 31.7 Å². The van der Waals surface area contributed by atoms with Gasteiger partial charge in [0.15, 0.2) is 9.84 Å². The van der Waals surface area contributed by atoms with Gasteiger partial charge in [0.2, 0.25) is 0 Å². The summed E-state index contributed by atoms with van der Waals surface area (Å²) in [6.07, 6.45) is 2.43. The number of aryl methyl sites for hydroxylation is 1. The number of sulfone groups is 1. The molecule has 2 heterocycles. The van der Waals surface area contributed by atoms with E-state index in [-0.39, 0.29) is 29.5 Å². The predicted octanol–water partition coefficient (Wildman–Crippen LogP) is 3.61. The predicted molar refractivity (Wildman–Crippen MR) is 108 cm³/mol. The smallest absolute Gasteiger partial charge is 0.256 e. The summed E-state index contributed by atoms with van der Waals surface area (Å²) < 4.78 is 24.8. The fraction of sp³-hybridized carbons (Fsp3) is 0.400. The summed E-state index contributed by atoms with van der Waals surface area (Å²) in [5.74, 6) is 0.163. The molecular weight excluding hydrogens is 428 g/mol. The zero-order valence-corrected chi connectivity index (χ0v) is 17.5. The van der Waals surface area contributed by atoms with Crippen LogP contribution in [0.3, 0.4) is 0 Å². The maximum Gasteiger partial charge on any atom is 0.256 e. The molecule has 2 aromatic rings. The summed E-state index contributed by atoms with van der Waals surface area (Å²) in [6.45, 7) is 1.84. The first kappa shape index (κ1) is 18.6. The van der Waals surface area contributed by atoms with Crippen molar-refractivity contribution in [3.8, 4) is 11.3 Å². The fourth-order valence-electron chi connectivity index (χ4n) is 3.71. The summed E-state index contributed by atoms with van der Waals surface area (Å²) >= 11 is 3.47. The summed E-state index contributed by atoms with van der Waals surface area (Å²) in [5, 5.41) is 0. The largest absolute Gasteiger partial charge is 0.332 e. The standard InChI is InChI=1S/C20H21BrN2O3S/c1-13-18(7-8-19(22-13)14-3-2-4-15(21)11-14)20(24)23(16-5-6-16)17-9-10-27(25,26)12-17/h2-4,7-8,11,16-17H,5-6,9-10,12H2,1H3. The summed E-state index contributed by atoms with van der Waals surface area (Å²) in [4.78, 5) is 19.7. The second kappa shape index (κ2) is 7.02. The molecule has 1 amide bonds. The van der Waals surface area contributed by atoms with Gasteiger partial charge in [-0.25, -0.2) is 8.42 Å². The number of pyridine rings is 1. The minimum atomic E-state index is -3.03. The molecular formula is C20H21BrN2O3S. The molecule has 1 aliphatic heterocycles. The molecule has 0 N–H and O–H groups in total. The Bertz CT molecular complexity index is 1000. The van der Waals surface area contributed by atoms with Crippen molar-refractivity contribution < 1.29 is 13.2 Å². The van der Waals surface area contributed by atoms with Crippen LogP contribution in [0.15, 0.2) is 40.9 Å². The van der Waals surface area contributed by atoms with Crippen molar-refractivity contribution in [2.45, 2.75) is 38.3 Å². The van der Waals surface area contributed by atoms with Crippen LogP contribution in [0.2, 0.25) is 0 Å². The first-order valence-corrected chi connectivity index (χ1v) is 11.7. The number of carbonyl (C=O) groups is 1. The molecule has 1 saturated carbocycles. The van der Waals surface area contributed by atoms with Crippen LogP contribution in [0, 0.1) is 6.92 Å². The Kier molecular flexibility index (Phi) is 4.84. The number of hydrogen-bond acceptors (Lipinski definition) is 4. The second-order valence-corrected chi connectivity index (χ2v) is 10.5. The molecule has 1 unspecified atom stereocenters. The third-order valence-corrected chi connectivity index (χ3v) is 7.46. The van der Waals surface area contributed by atoms with E-state index in [0.29, 0.717) is 17.7 Å². The molecule has 0 bridgehead atoms. The minimum absolute atomic E-state index is 0.0812. The molecule has 1 saturated heterocycles. The number of aromatic nitrogens is 1. The number of nitrogens with zero attached hydrogens (tertiary/aromatic N) is 2. The Balaban J connectivity index is 1.63. The van der Waals surface area contributed by atoms with Crippen LogP contribution in [0.5, 0.6) is 0 Å². The quantitative estimate of drug-likeness (QED) is 0.716. The van der Waals surface area contributed by atoms with Crippen LogP contribution in [0.1, 0.15) is 35.3 Å². The lowest BCUT2D eigenvalue weighted by atomic mass is 10.1. The van der Waals surface area contributed by atoms with Crippen LogP contribution in [-0.4, -0.2) is 47.8 Å². The van der Waals surface area contributed by atoms with Crippen molar-refractivity contribution in [2.75, 3.05) is 11.5 Å². The number of hydrogen-bond donors (Lipinski definition) is 0. The van der Waals surface area contributed by atoms with Gasteiger partial charge in [-0.3, -0.25) is 9.78 Å². The number of rotatable bonds is 4. The molecule has 0 spiro atoms. The van der Waals surface area contributed by atoms with Gasteiger partial charge in [0.25, 0.3) is 5.91 Å². The van der Waals surface area contributed by atoms with E-state index in [4.69, 9.17) is 0 Å². The lowest BCUT2D eigenvalue weighted by Crippen LogP contribution is -2.43. The highest BCUT2D eigenvalue weighted by Crippen LogP contribution is 2.34. The van der Waals surface area contributed by atoms with E-state index in [2.05, 4.69) is 20.9 Å². The third-order valence-electron chi connectivity index (χ3n) is 5.21. The van der Waals surface area contributed by atoms with Gasteiger partial charge in [-0.2, -0.15) is 0 Å². The minimum Gasteiger partial charge on any atom is -0.332 e. The second-order valence-electron chi connectivity index (χ2n) is 7.34. The molecule has 4 rings (SSSR count). The van der Waals surface area contributed by atoms with E-state index < -0.39 is 9.84 Å². The number of halogens is 1. The molecule has 2 aliphatic rings. The molecule has 1 aromatic carbocycles. The van der Waals surface area contributed by atoms with E-state index >= 15 is 0 Å². The Morgan fingerprint density at radius 2 is 1.93 bits per heavy atom. The van der Waals surface area contributed by atoms with E-state index in [0.717, 1.165) is 28.6 Å². The van der Waals surface area contributed by atoms with Crippen molar-refractivity contribution in [2.24, 2.45) is 0 Å². The average molecular weight is 449 g/mol. The first-order chi connectivity index (χ1) is 12.8. The molecule has 0 radical (unpaired) electrons. The maximum absolute atomic E-state index is 13.2. The van der Waals surface area contributed by atoms with E-state index in [1.165, 1.54) is 0 Å². The van der Waals surface area contributed by atoms with E-state index in [1.54, 1.807) is 0 Å². The van der Waals surface area contributed by atoms with Gasteiger partial charge >= 0.3 is 0 Å². The number of amides is 1. The molecule has 7 heteroatoms. The van der Waals surface area contributed by atoms with Gasteiger partial charge in [-0.05, 0) is 50.5 Å². The average Bonchev–Trinajstić information content (AvgIpc) is 3.38. The van der Waals surface area contributed by atoms with Gasteiger partial charge in [-0.1, -0.05) is 28.1 Å². The SMILES string of the molecule is Cc1nc(-c2cccc(Br)c2)ccc1C(=O)N(C1CC1)C1CCS(=O)(=O)C1. The van der Waals surface area contributed by atoms with Gasteiger partial charge < -0.3 is 4.90 Å². The van der Waals surface area contributed by atoms with Crippen molar-refractivity contribution in [3.05, 3.63) is 52.1 Å². The van der Waals surface area contributed by atoms with Crippen LogP contribution < -0.4 is 0 Å². The normalized spacial score (nSPS) is 21.2. The first-order valence-electron chi connectivity index (χ1n) is 9.11. The third kappa shape index (κ3) is 3.94. The Morgan fingerprint density at radius 3 is 2.52 bits per heavy atom. The highest BCUT2D eigenvalue weighted by Gasteiger charge is 2.42. The lowest BCUT2D eigenvalue weighted by molar-refractivity contribution is 0.0679. The summed E-state index contributed by atoms with van der Waals surface area (Å²) in [7, 11) is -3.03. The number of carbonyl (C=O) groups excluding carboxylic acids is 1. The van der Waals surface area contributed by atoms with Crippen LogP contribution >= 0.6 is 15.9 Å². The fourth-order valence-corrected chi connectivity index (χ4v) is 5.82. The van der Waals surface area contributed by atoms with Crippen LogP contribution in [0.4, 0.5) is 0 Å².